The van der Waals surface area contributed by atoms with Crippen LogP contribution in [0.1, 0.15) is 28.9 Å². The highest BCUT2D eigenvalue weighted by Crippen LogP contribution is 2.42. The lowest BCUT2D eigenvalue weighted by molar-refractivity contribution is -0.123. The number of rotatable bonds is 5. The number of anilines is 1. The number of carbonyl (C=O) groups is 3. The van der Waals surface area contributed by atoms with E-state index in [0.717, 1.165) is 14.9 Å². The van der Waals surface area contributed by atoms with Crippen LogP contribution in [0.4, 0.5) is 5.69 Å². The topological polar surface area (TPSA) is 79.0 Å². The monoisotopic (exact) mass is 553 g/mol. The number of carbonyl (C=O) groups excluding carboxylic acids is 3. The van der Waals surface area contributed by atoms with Gasteiger partial charge in [-0.3, -0.25) is 19.4 Å². The lowest BCUT2D eigenvalue weighted by Crippen LogP contribution is -2.48. The number of hydrogen-bond acceptors (Lipinski definition) is 5. The first kappa shape index (κ1) is 23.5. The summed E-state index contributed by atoms with van der Waals surface area (Å²) in [4.78, 5) is 42.0. The van der Waals surface area contributed by atoms with Crippen LogP contribution in [0.2, 0.25) is 5.02 Å². The minimum Gasteiger partial charge on any atom is -0.494 e. The first-order valence-electron chi connectivity index (χ1n) is 11.1. The highest BCUT2D eigenvalue weighted by molar-refractivity contribution is 9.10. The predicted octanol–water partition coefficient (Wildman–Crippen LogP) is 4.76. The van der Waals surface area contributed by atoms with Gasteiger partial charge in [0.1, 0.15) is 11.8 Å². The molecule has 2 aliphatic rings. The van der Waals surface area contributed by atoms with Crippen molar-refractivity contribution in [3.63, 3.8) is 0 Å². The van der Waals surface area contributed by atoms with Crippen molar-refractivity contribution in [2.24, 2.45) is 5.92 Å². The van der Waals surface area contributed by atoms with Gasteiger partial charge in [0.2, 0.25) is 5.91 Å². The van der Waals surface area contributed by atoms with E-state index >= 15 is 0 Å². The summed E-state index contributed by atoms with van der Waals surface area (Å²) in [6.07, 6.45) is 0. The highest BCUT2D eigenvalue weighted by atomic mass is 79.9. The molecule has 3 aromatic carbocycles. The number of nitrogens with one attached hydrogen (secondary N) is 1. The predicted molar refractivity (Wildman–Crippen MR) is 135 cm³/mol. The van der Waals surface area contributed by atoms with Crippen molar-refractivity contribution >= 4 is 50.9 Å². The van der Waals surface area contributed by atoms with Gasteiger partial charge in [-0.2, -0.15) is 0 Å². The third-order valence-corrected chi connectivity index (χ3v) is 6.91. The summed E-state index contributed by atoms with van der Waals surface area (Å²) in [5.41, 5.74) is 4.72. The molecule has 178 valence electrons. The number of imide groups is 1. The molecule has 2 saturated heterocycles. The summed E-state index contributed by atoms with van der Waals surface area (Å²) in [5, 5.41) is 1.84. The molecule has 7 nitrogen and oxygen atoms in total. The fraction of sp³-hybridized carbons (Fsp3) is 0.192. The Morgan fingerprint density at radius 2 is 1.74 bits per heavy atom. The number of ether oxygens (including phenoxy) is 1. The Labute approximate surface area is 215 Å². The maximum Gasteiger partial charge on any atom is 0.268 e. The second-order valence-corrected chi connectivity index (χ2v) is 9.61. The van der Waals surface area contributed by atoms with Crippen molar-refractivity contribution in [2.45, 2.75) is 19.0 Å². The Balaban J connectivity index is 1.54. The number of hydrazine groups is 1. The van der Waals surface area contributed by atoms with Crippen LogP contribution < -0.4 is 15.1 Å². The fourth-order valence-corrected chi connectivity index (χ4v) is 5.12. The lowest BCUT2D eigenvalue weighted by Gasteiger charge is -2.25. The number of hydrogen-bond donors (Lipinski definition) is 1. The first-order chi connectivity index (χ1) is 16.9. The van der Waals surface area contributed by atoms with E-state index in [2.05, 4.69) is 21.4 Å². The standard InChI is InChI=1S/C26H21BrClN3O4/c1-2-35-20-12-10-19(11-13-20)30-25(33)21-22(15-6-8-18(28)9-7-15)29-31(23(21)26(30)34)24(32)16-4-3-5-17(27)14-16/h3-14,21-23,29H,2H2,1H3/t21-,22-,23+/m1/s1. The van der Waals surface area contributed by atoms with Gasteiger partial charge in [-0.15, -0.1) is 0 Å². The van der Waals surface area contributed by atoms with Crippen LogP contribution in [-0.4, -0.2) is 35.4 Å². The van der Waals surface area contributed by atoms with E-state index in [1.165, 1.54) is 5.01 Å². The minimum absolute atomic E-state index is 0.374. The fourth-order valence-electron chi connectivity index (χ4n) is 4.60. The highest BCUT2D eigenvalue weighted by Gasteiger charge is 2.60. The SMILES string of the molecule is CCOc1ccc(N2C(=O)[C@@H]3[C@@H](c4ccc(Cl)cc4)NN(C(=O)c4cccc(Br)c4)[C@@H]3C2=O)cc1. The maximum absolute atomic E-state index is 13.7. The third-order valence-electron chi connectivity index (χ3n) is 6.16. The molecule has 0 bridgehead atoms. The molecule has 0 aromatic heterocycles. The Morgan fingerprint density at radius 3 is 2.40 bits per heavy atom. The van der Waals surface area contributed by atoms with Gasteiger partial charge < -0.3 is 4.74 Å². The summed E-state index contributed by atoms with van der Waals surface area (Å²) >= 11 is 9.45. The second-order valence-electron chi connectivity index (χ2n) is 8.25. The number of halogens is 2. The quantitative estimate of drug-likeness (QED) is 0.460. The van der Waals surface area contributed by atoms with E-state index in [9.17, 15) is 14.4 Å². The molecule has 0 spiro atoms. The molecule has 9 heteroatoms. The third kappa shape index (κ3) is 4.22. The van der Waals surface area contributed by atoms with Crippen molar-refractivity contribution in [1.29, 1.82) is 0 Å². The zero-order valence-electron chi connectivity index (χ0n) is 18.7. The number of fused-ring (bicyclic) bond motifs is 1. The molecule has 0 aliphatic carbocycles. The van der Waals surface area contributed by atoms with Gasteiger partial charge in [0.25, 0.3) is 11.8 Å². The summed E-state index contributed by atoms with van der Waals surface area (Å²) < 4.78 is 6.21. The van der Waals surface area contributed by atoms with Crippen LogP contribution in [-0.2, 0) is 9.59 Å². The van der Waals surface area contributed by atoms with Gasteiger partial charge in [-0.25, -0.2) is 10.3 Å². The molecule has 1 N–H and O–H groups in total. The van der Waals surface area contributed by atoms with Gasteiger partial charge >= 0.3 is 0 Å². The van der Waals surface area contributed by atoms with E-state index in [0.29, 0.717) is 28.6 Å². The van der Waals surface area contributed by atoms with Gasteiger partial charge in [0, 0.05) is 15.1 Å². The summed E-state index contributed by atoms with van der Waals surface area (Å²) in [5.74, 6) is -1.39. The van der Waals surface area contributed by atoms with Gasteiger partial charge in [-0.1, -0.05) is 45.7 Å². The van der Waals surface area contributed by atoms with E-state index in [4.69, 9.17) is 16.3 Å². The molecular weight excluding hydrogens is 534 g/mol. The van der Waals surface area contributed by atoms with Crippen molar-refractivity contribution in [3.8, 4) is 5.75 Å². The summed E-state index contributed by atoms with van der Waals surface area (Å²) in [6, 6.07) is 19.1. The van der Waals surface area contributed by atoms with E-state index in [1.807, 2.05) is 13.0 Å². The first-order valence-corrected chi connectivity index (χ1v) is 12.3. The van der Waals surface area contributed by atoms with Crippen molar-refractivity contribution in [2.75, 3.05) is 11.5 Å². The van der Waals surface area contributed by atoms with Crippen molar-refractivity contribution in [3.05, 3.63) is 93.4 Å². The van der Waals surface area contributed by atoms with Crippen LogP contribution >= 0.6 is 27.5 Å². The molecule has 35 heavy (non-hydrogen) atoms. The maximum atomic E-state index is 13.7. The average Bonchev–Trinajstić information content (AvgIpc) is 3.37. The van der Waals surface area contributed by atoms with E-state index < -0.39 is 29.8 Å². The smallest absolute Gasteiger partial charge is 0.268 e. The van der Waals surface area contributed by atoms with Crippen LogP contribution in [0.3, 0.4) is 0 Å². The molecule has 2 fully saturated rings. The second kappa shape index (κ2) is 9.45. The zero-order valence-corrected chi connectivity index (χ0v) is 21.0. The Hall–Kier alpha value is -3.20. The number of benzene rings is 3. The molecule has 0 unspecified atom stereocenters. The zero-order chi connectivity index (χ0) is 24.7. The van der Waals surface area contributed by atoms with Crippen LogP contribution in [0, 0.1) is 5.92 Å². The van der Waals surface area contributed by atoms with Crippen molar-refractivity contribution in [1.82, 2.24) is 10.4 Å². The largest absolute Gasteiger partial charge is 0.494 e. The number of nitrogens with zero attached hydrogens (tertiary/aromatic N) is 2. The summed E-state index contributed by atoms with van der Waals surface area (Å²) in [6.45, 7) is 2.38. The average molecular weight is 555 g/mol. The normalized spacial score (nSPS) is 21.4. The Kier molecular flexibility index (Phi) is 6.35. The summed E-state index contributed by atoms with van der Waals surface area (Å²) in [7, 11) is 0. The molecule has 5 rings (SSSR count). The molecule has 3 amide bonds. The Morgan fingerprint density at radius 1 is 1.03 bits per heavy atom. The molecule has 0 radical (unpaired) electrons. The molecule has 0 saturated carbocycles. The molecule has 2 heterocycles. The number of amides is 3. The molecule has 3 atom stereocenters. The van der Waals surface area contributed by atoms with Gasteiger partial charge in [-0.05, 0) is 67.1 Å². The van der Waals surface area contributed by atoms with Crippen LogP contribution in [0.15, 0.2) is 77.3 Å². The molecule has 2 aliphatic heterocycles. The molecule has 3 aromatic rings. The van der Waals surface area contributed by atoms with Crippen LogP contribution in [0.5, 0.6) is 5.75 Å². The van der Waals surface area contributed by atoms with Gasteiger partial charge in [0.05, 0.1) is 24.3 Å². The van der Waals surface area contributed by atoms with E-state index in [1.54, 1.807) is 66.7 Å². The van der Waals surface area contributed by atoms with E-state index in [-0.39, 0.29) is 5.91 Å². The Bertz CT molecular complexity index is 1300. The lowest BCUT2D eigenvalue weighted by atomic mass is 9.91. The minimum atomic E-state index is -0.999. The molecular formula is C26H21BrClN3O4. The van der Waals surface area contributed by atoms with Crippen LogP contribution in [0.25, 0.3) is 0 Å². The van der Waals surface area contributed by atoms with Crippen molar-refractivity contribution < 1.29 is 19.1 Å². The van der Waals surface area contributed by atoms with Gasteiger partial charge in [0.15, 0.2) is 0 Å².